The minimum atomic E-state index is -0.375. The maximum atomic E-state index is 13.6. The van der Waals surface area contributed by atoms with Crippen molar-refractivity contribution in [1.82, 2.24) is 14.8 Å². The number of carbonyl (C=O) groups excluding carboxylic acids is 2. The average Bonchev–Trinajstić information content (AvgIpc) is 2.90. The van der Waals surface area contributed by atoms with Crippen LogP contribution in [0.3, 0.4) is 0 Å². The molecule has 1 aromatic carbocycles. The number of aromatic nitrogens is 1. The molecular formula is C28H35N3O4. The van der Waals surface area contributed by atoms with E-state index in [0.717, 1.165) is 24.8 Å². The van der Waals surface area contributed by atoms with Gasteiger partial charge in [-0.1, -0.05) is 31.2 Å². The van der Waals surface area contributed by atoms with E-state index in [2.05, 4.69) is 11.1 Å². The van der Waals surface area contributed by atoms with Crippen LogP contribution in [0.5, 0.6) is 5.88 Å². The summed E-state index contributed by atoms with van der Waals surface area (Å²) in [5.74, 6) is -0.0868. The fraction of sp³-hybridized carbons (Fsp3) is 0.464. The van der Waals surface area contributed by atoms with Crippen molar-refractivity contribution >= 4 is 17.4 Å². The maximum absolute atomic E-state index is 13.6. The number of aliphatic hydroxyl groups is 1. The number of ether oxygens (including phenoxy) is 1. The molecule has 1 aliphatic carbocycles. The van der Waals surface area contributed by atoms with E-state index < -0.39 is 0 Å². The van der Waals surface area contributed by atoms with Crippen molar-refractivity contribution in [1.29, 1.82) is 0 Å². The van der Waals surface area contributed by atoms with Gasteiger partial charge in [0.1, 0.15) is 11.7 Å². The Labute approximate surface area is 207 Å². The number of likely N-dealkylation sites (N-methyl/N-ethyl adjacent to an activating group) is 1. The first-order chi connectivity index (χ1) is 16.9. The molecule has 7 heteroatoms. The van der Waals surface area contributed by atoms with Crippen LogP contribution in [0.1, 0.15) is 65.8 Å². The van der Waals surface area contributed by atoms with E-state index in [-0.39, 0.29) is 42.4 Å². The van der Waals surface area contributed by atoms with E-state index in [1.807, 2.05) is 38.1 Å². The number of benzene rings is 1. The molecule has 186 valence electrons. The molecule has 0 unspecified atom stereocenters. The summed E-state index contributed by atoms with van der Waals surface area (Å²) in [6.45, 7) is 4.46. The number of amides is 2. The number of aliphatic hydroxyl groups excluding tert-OH is 1. The molecule has 2 aliphatic rings. The lowest BCUT2D eigenvalue weighted by atomic mass is 9.93. The number of allylic oxidation sites excluding steroid dienone is 2. The number of hydrogen-bond acceptors (Lipinski definition) is 5. The zero-order chi connectivity index (χ0) is 24.9. The van der Waals surface area contributed by atoms with Crippen molar-refractivity contribution in [2.24, 2.45) is 5.92 Å². The second kappa shape index (κ2) is 11.0. The summed E-state index contributed by atoms with van der Waals surface area (Å²) in [6, 6.07) is 10.7. The predicted molar refractivity (Wildman–Crippen MR) is 135 cm³/mol. The van der Waals surface area contributed by atoms with Crippen LogP contribution in [0.25, 0.3) is 5.57 Å². The van der Waals surface area contributed by atoms with E-state index in [4.69, 9.17) is 4.74 Å². The number of rotatable bonds is 6. The molecule has 7 nitrogen and oxygen atoms in total. The van der Waals surface area contributed by atoms with Crippen molar-refractivity contribution < 1.29 is 19.4 Å². The normalized spacial score (nSPS) is 21.2. The highest BCUT2D eigenvalue weighted by molar-refractivity contribution is 5.97. The van der Waals surface area contributed by atoms with Crippen molar-refractivity contribution in [3.63, 3.8) is 0 Å². The lowest BCUT2D eigenvalue weighted by molar-refractivity contribution is 0.0313. The van der Waals surface area contributed by atoms with Gasteiger partial charge in [0.2, 0.25) is 5.88 Å². The first kappa shape index (κ1) is 24.9. The summed E-state index contributed by atoms with van der Waals surface area (Å²) in [5.41, 5.74) is 3.17. The Kier molecular flexibility index (Phi) is 7.86. The Balaban J connectivity index is 1.66. The standard InChI is InChI=1S/C28H35N3O4/c1-19-16-31(20(2)18-32)28(34)24-14-23(21-10-6-4-7-11-21)15-29-26(24)35-25(19)17-30(3)27(33)22-12-8-5-9-13-22/h5,8-10,12-15,19-20,25,32H,4,6-7,11,16-18H2,1-3H3/t19-,20+,25+/m0/s1. The third-order valence-corrected chi connectivity index (χ3v) is 7.00. The molecule has 35 heavy (non-hydrogen) atoms. The largest absolute Gasteiger partial charge is 0.472 e. The van der Waals surface area contributed by atoms with Gasteiger partial charge in [-0.3, -0.25) is 9.59 Å². The van der Waals surface area contributed by atoms with Gasteiger partial charge in [-0.25, -0.2) is 4.98 Å². The molecule has 0 spiro atoms. The van der Waals surface area contributed by atoms with E-state index in [1.54, 1.807) is 35.2 Å². The van der Waals surface area contributed by atoms with Gasteiger partial charge in [0.05, 0.1) is 19.2 Å². The predicted octanol–water partition coefficient (Wildman–Crippen LogP) is 4.03. The van der Waals surface area contributed by atoms with Gasteiger partial charge in [-0.15, -0.1) is 0 Å². The Morgan fingerprint density at radius 2 is 2.06 bits per heavy atom. The Bertz CT molecular complexity index is 1080. The molecule has 1 aromatic heterocycles. The van der Waals surface area contributed by atoms with Gasteiger partial charge in [0.15, 0.2) is 0 Å². The Morgan fingerprint density at radius 1 is 1.29 bits per heavy atom. The smallest absolute Gasteiger partial charge is 0.259 e. The number of pyridine rings is 1. The number of fused-ring (bicyclic) bond motifs is 1. The third-order valence-electron chi connectivity index (χ3n) is 7.00. The van der Waals surface area contributed by atoms with Gasteiger partial charge < -0.3 is 19.6 Å². The van der Waals surface area contributed by atoms with Gasteiger partial charge in [-0.2, -0.15) is 0 Å². The van der Waals surface area contributed by atoms with Crippen LogP contribution < -0.4 is 4.74 Å². The minimum absolute atomic E-state index is 0.0883. The highest BCUT2D eigenvalue weighted by Gasteiger charge is 2.35. The first-order valence-electron chi connectivity index (χ1n) is 12.5. The van der Waals surface area contributed by atoms with Gasteiger partial charge in [0.25, 0.3) is 11.8 Å². The first-order valence-corrected chi connectivity index (χ1v) is 12.5. The molecule has 1 N–H and O–H groups in total. The van der Waals surface area contributed by atoms with Crippen LogP contribution in [0.15, 0.2) is 48.7 Å². The Morgan fingerprint density at radius 3 is 2.74 bits per heavy atom. The quantitative estimate of drug-likeness (QED) is 0.679. The second-order valence-corrected chi connectivity index (χ2v) is 9.73. The molecule has 2 aromatic rings. The molecule has 0 bridgehead atoms. The fourth-order valence-electron chi connectivity index (χ4n) is 4.75. The molecule has 0 radical (unpaired) electrons. The molecule has 4 rings (SSSR count). The SMILES string of the molecule is C[C@H](CO)N1C[C@H](C)[C@@H](CN(C)C(=O)c2ccccc2)Oc2ncc(C3=CCCCC3)cc2C1=O. The summed E-state index contributed by atoms with van der Waals surface area (Å²) < 4.78 is 6.35. The van der Waals surface area contributed by atoms with Gasteiger partial charge in [0, 0.05) is 31.3 Å². The van der Waals surface area contributed by atoms with Gasteiger partial charge in [-0.05, 0) is 61.9 Å². The van der Waals surface area contributed by atoms with Crippen LogP contribution in [-0.2, 0) is 0 Å². The summed E-state index contributed by atoms with van der Waals surface area (Å²) in [5, 5.41) is 9.87. The van der Waals surface area contributed by atoms with Crippen LogP contribution in [-0.4, -0.2) is 70.6 Å². The van der Waals surface area contributed by atoms with Crippen molar-refractivity contribution in [2.45, 2.75) is 51.7 Å². The Hall–Kier alpha value is -3.19. The van der Waals surface area contributed by atoms with Crippen molar-refractivity contribution in [3.8, 4) is 5.88 Å². The number of nitrogens with zero attached hydrogens (tertiary/aromatic N) is 3. The fourth-order valence-corrected chi connectivity index (χ4v) is 4.75. The highest BCUT2D eigenvalue weighted by Crippen LogP contribution is 2.32. The molecule has 0 fully saturated rings. The maximum Gasteiger partial charge on any atom is 0.259 e. The van der Waals surface area contributed by atoms with Crippen LogP contribution in [0, 0.1) is 5.92 Å². The summed E-state index contributed by atoms with van der Waals surface area (Å²) >= 11 is 0. The molecule has 1 aliphatic heterocycles. The highest BCUT2D eigenvalue weighted by atomic mass is 16.5. The van der Waals surface area contributed by atoms with Crippen molar-refractivity contribution in [2.75, 3.05) is 26.7 Å². The summed E-state index contributed by atoms with van der Waals surface area (Å²) in [6.07, 6.45) is 7.95. The molecule has 2 heterocycles. The zero-order valence-corrected chi connectivity index (χ0v) is 20.8. The average molecular weight is 478 g/mol. The van der Waals surface area contributed by atoms with Crippen molar-refractivity contribution in [3.05, 3.63) is 65.4 Å². The van der Waals surface area contributed by atoms with E-state index >= 15 is 0 Å². The topological polar surface area (TPSA) is 83.0 Å². The van der Waals surface area contributed by atoms with Gasteiger partial charge >= 0.3 is 0 Å². The molecular weight excluding hydrogens is 442 g/mol. The van der Waals surface area contributed by atoms with Crippen LogP contribution in [0.4, 0.5) is 0 Å². The van der Waals surface area contributed by atoms with E-state index in [0.29, 0.717) is 24.2 Å². The minimum Gasteiger partial charge on any atom is -0.472 e. The lowest BCUT2D eigenvalue weighted by Gasteiger charge is -2.37. The second-order valence-electron chi connectivity index (χ2n) is 9.73. The molecule has 0 saturated heterocycles. The van der Waals surface area contributed by atoms with E-state index in [1.165, 1.54) is 12.0 Å². The molecule has 0 saturated carbocycles. The number of carbonyl (C=O) groups is 2. The van der Waals surface area contributed by atoms with E-state index in [9.17, 15) is 14.7 Å². The molecule has 3 atom stereocenters. The summed E-state index contributed by atoms with van der Waals surface area (Å²) in [4.78, 5) is 34.5. The summed E-state index contributed by atoms with van der Waals surface area (Å²) in [7, 11) is 1.76. The lowest BCUT2D eigenvalue weighted by Crippen LogP contribution is -2.50. The zero-order valence-electron chi connectivity index (χ0n) is 20.8. The third kappa shape index (κ3) is 5.56. The number of hydrogen-bond donors (Lipinski definition) is 1. The van der Waals surface area contributed by atoms with Crippen LogP contribution in [0.2, 0.25) is 0 Å². The molecule has 2 amide bonds. The van der Waals surface area contributed by atoms with Crippen LogP contribution >= 0.6 is 0 Å². The monoisotopic (exact) mass is 477 g/mol.